The third kappa shape index (κ3) is 1.90. The number of rotatable bonds is 3. The van der Waals surface area contributed by atoms with Crippen molar-refractivity contribution in [3.63, 3.8) is 0 Å². The Hall–Kier alpha value is -2.46. The molecule has 1 aromatic heterocycles. The Morgan fingerprint density at radius 1 is 1.00 bits per heavy atom. The van der Waals surface area contributed by atoms with Gasteiger partial charge in [0.2, 0.25) is 0 Å². The molecule has 0 bridgehead atoms. The lowest BCUT2D eigenvalue weighted by molar-refractivity contribution is 0.100. The molecule has 0 spiro atoms. The van der Waals surface area contributed by atoms with Crippen molar-refractivity contribution in [2.24, 2.45) is 0 Å². The van der Waals surface area contributed by atoms with Crippen LogP contribution in [0.15, 0.2) is 48.7 Å². The van der Waals surface area contributed by atoms with E-state index < -0.39 is 0 Å². The standard InChI is InChI=1S/C16H13NO3/c18-9-8-17-7-3-6-14(17)13-10-15(19)11-4-1-2-5-12(11)16(13)20/h1-7,10,18H,8-9H2. The van der Waals surface area contributed by atoms with Crippen molar-refractivity contribution < 1.29 is 14.7 Å². The van der Waals surface area contributed by atoms with Crippen molar-refractivity contribution in [3.05, 3.63) is 65.5 Å². The Labute approximate surface area is 116 Å². The molecule has 4 nitrogen and oxygen atoms in total. The second-order valence-electron chi connectivity index (χ2n) is 4.61. The zero-order valence-corrected chi connectivity index (χ0v) is 10.7. The Balaban J connectivity index is 2.10. The Kier molecular flexibility index (Phi) is 3.08. The van der Waals surface area contributed by atoms with Gasteiger partial charge in [-0.05, 0) is 18.2 Å². The molecule has 1 heterocycles. The molecule has 1 aliphatic carbocycles. The number of carbonyl (C=O) groups excluding carboxylic acids is 2. The average molecular weight is 267 g/mol. The molecule has 0 aliphatic heterocycles. The summed E-state index contributed by atoms with van der Waals surface area (Å²) in [7, 11) is 0. The highest BCUT2D eigenvalue weighted by Gasteiger charge is 2.27. The summed E-state index contributed by atoms with van der Waals surface area (Å²) in [6.45, 7) is 0.372. The smallest absolute Gasteiger partial charge is 0.196 e. The quantitative estimate of drug-likeness (QED) is 0.924. The van der Waals surface area contributed by atoms with E-state index in [-0.39, 0.29) is 18.2 Å². The monoisotopic (exact) mass is 267 g/mol. The maximum Gasteiger partial charge on any atom is 0.196 e. The number of aromatic nitrogens is 1. The van der Waals surface area contributed by atoms with Crippen LogP contribution < -0.4 is 0 Å². The van der Waals surface area contributed by atoms with E-state index in [9.17, 15) is 9.59 Å². The Morgan fingerprint density at radius 3 is 2.50 bits per heavy atom. The van der Waals surface area contributed by atoms with E-state index >= 15 is 0 Å². The first kappa shape index (κ1) is 12.6. The van der Waals surface area contributed by atoms with Crippen molar-refractivity contribution in [2.45, 2.75) is 6.54 Å². The number of carbonyl (C=O) groups is 2. The number of Topliss-reactive ketones (excluding diaryl/α,β-unsaturated/α-hetero) is 1. The van der Waals surface area contributed by atoms with Gasteiger partial charge in [0.05, 0.1) is 17.9 Å². The molecule has 0 amide bonds. The predicted molar refractivity (Wildman–Crippen MR) is 74.6 cm³/mol. The highest BCUT2D eigenvalue weighted by molar-refractivity contribution is 6.38. The van der Waals surface area contributed by atoms with Crippen LogP contribution in [0.4, 0.5) is 0 Å². The maximum atomic E-state index is 12.5. The van der Waals surface area contributed by atoms with E-state index in [1.54, 1.807) is 47.2 Å². The summed E-state index contributed by atoms with van der Waals surface area (Å²) in [5.74, 6) is -0.315. The van der Waals surface area contributed by atoms with E-state index in [2.05, 4.69) is 0 Å². The van der Waals surface area contributed by atoms with Crippen molar-refractivity contribution >= 4 is 17.1 Å². The first-order valence-electron chi connectivity index (χ1n) is 6.38. The van der Waals surface area contributed by atoms with Crippen LogP contribution >= 0.6 is 0 Å². The number of allylic oxidation sites excluding steroid dienone is 2. The van der Waals surface area contributed by atoms with Gasteiger partial charge >= 0.3 is 0 Å². The Bertz CT molecular complexity index is 725. The molecule has 0 unspecified atom stereocenters. The lowest BCUT2D eigenvalue weighted by Gasteiger charge is -2.16. The van der Waals surface area contributed by atoms with Gasteiger partial charge in [-0.2, -0.15) is 0 Å². The molecule has 2 aromatic rings. The van der Waals surface area contributed by atoms with Crippen LogP contribution in [0.3, 0.4) is 0 Å². The fourth-order valence-electron chi connectivity index (χ4n) is 2.47. The molecule has 100 valence electrons. The summed E-state index contributed by atoms with van der Waals surface area (Å²) in [5.41, 5.74) is 1.92. The van der Waals surface area contributed by atoms with Gasteiger partial charge in [0, 0.05) is 23.9 Å². The van der Waals surface area contributed by atoms with Crippen LogP contribution in [0, 0.1) is 0 Å². The lowest BCUT2D eigenvalue weighted by Crippen LogP contribution is -2.18. The number of fused-ring (bicyclic) bond motifs is 1. The number of hydrogen-bond donors (Lipinski definition) is 1. The summed E-state index contributed by atoms with van der Waals surface area (Å²) in [4.78, 5) is 24.6. The molecule has 1 aromatic carbocycles. The molecule has 0 atom stereocenters. The van der Waals surface area contributed by atoms with Crippen LogP contribution in [0.25, 0.3) is 5.57 Å². The van der Waals surface area contributed by atoms with Gasteiger partial charge in [0.25, 0.3) is 0 Å². The number of aliphatic hydroxyl groups excluding tert-OH is 1. The molecule has 1 aliphatic rings. The minimum atomic E-state index is -0.160. The Morgan fingerprint density at radius 2 is 1.75 bits per heavy atom. The van der Waals surface area contributed by atoms with Crippen molar-refractivity contribution in [2.75, 3.05) is 6.61 Å². The number of benzene rings is 1. The van der Waals surface area contributed by atoms with Crippen molar-refractivity contribution in [1.29, 1.82) is 0 Å². The molecule has 1 N–H and O–H groups in total. The van der Waals surface area contributed by atoms with E-state index in [0.717, 1.165) is 0 Å². The van der Waals surface area contributed by atoms with Gasteiger partial charge in [0.1, 0.15) is 0 Å². The summed E-state index contributed by atoms with van der Waals surface area (Å²) in [5, 5.41) is 9.04. The number of nitrogens with zero attached hydrogens (tertiary/aromatic N) is 1. The normalized spacial score (nSPS) is 14.2. The van der Waals surface area contributed by atoms with Gasteiger partial charge < -0.3 is 9.67 Å². The summed E-state index contributed by atoms with van der Waals surface area (Å²) >= 11 is 0. The first-order valence-corrected chi connectivity index (χ1v) is 6.38. The summed E-state index contributed by atoms with van der Waals surface area (Å²) in [6, 6.07) is 10.4. The largest absolute Gasteiger partial charge is 0.395 e. The predicted octanol–water partition coefficient (Wildman–Crippen LogP) is 1.94. The molecular formula is C16H13NO3. The molecule has 20 heavy (non-hydrogen) atoms. The van der Waals surface area contributed by atoms with E-state index in [4.69, 9.17) is 5.11 Å². The van der Waals surface area contributed by atoms with Gasteiger partial charge in [0.15, 0.2) is 11.6 Å². The van der Waals surface area contributed by atoms with Crippen LogP contribution in [0.1, 0.15) is 26.4 Å². The second-order valence-corrected chi connectivity index (χ2v) is 4.61. The van der Waals surface area contributed by atoms with Crippen LogP contribution in [0.5, 0.6) is 0 Å². The highest BCUT2D eigenvalue weighted by Crippen LogP contribution is 2.27. The zero-order valence-electron chi connectivity index (χ0n) is 10.7. The van der Waals surface area contributed by atoms with Crippen LogP contribution in [-0.2, 0) is 6.54 Å². The van der Waals surface area contributed by atoms with Crippen LogP contribution in [-0.4, -0.2) is 27.8 Å². The van der Waals surface area contributed by atoms with Crippen molar-refractivity contribution in [1.82, 2.24) is 4.57 Å². The van der Waals surface area contributed by atoms with E-state index in [1.807, 2.05) is 0 Å². The summed E-state index contributed by atoms with van der Waals surface area (Å²) < 4.78 is 1.77. The lowest BCUT2D eigenvalue weighted by atomic mass is 9.88. The van der Waals surface area contributed by atoms with Gasteiger partial charge in [-0.15, -0.1) is 0 Å². The topological polar surface area (TPSA) is 59.3 Å². The van der Waals surface area contributed by atoms with E-state index in [1.165, 1.54) is 6.08 Å². The van der Waals surface area contributed by atoms with E-state index in [0.29, 0.717) is 28.9 Å². The molecule has 0 radical (unpaired) electrons. The van der Waals surface area contributed by atoms with Crippen LogP contribution in [0.2, 0.25) is 0 Å². The fraction of sp³-hybridized carbons (Fsp3) is 0.125. The minimum absolute atomic E-state index is 0.0202. The van der Waals surface area contributed by atoms with Gasteiger partial charge in [-0.1, -0.05) is 24.3 Å². The summed E-state index contributed by atoms with van der Waals surface area (Å²) in [6.07, 6.45) is 3.17. The number of aliphatic hydroxyl groups is 1. The third-order valence-electron chi connectivity index (χ3n) is 3.40. The third-order valence-corrected chi connectivity index (χ3v) is 3.40. The molecular weight excluding hydrogens is 254 g/mol. The minimum Gasteiger partial charge on any atom is -0.395 e. The van der Waals surface area contributed by atoms with Crippen molar-refractivity contribution in [3.8, 4) is 0 Å². The molecule has 0 saturated carbocycles. The average Bonchev–Trinajstić information content (AvgIpc) is 2.91. The molecule has 0 saturated heterocycles. The number of hydrogen-bond acceptors (Lipinski definition) is 3. The number of ketones is 2. The highest BCUT2D eigenvalue weighted by atomic mass is 16.3. The SMILES string of the molecule is O=C1C=C(c2cccn2CCO)C(=O)c2ccccc21. The first-order chi connectivity index (χ1) is 9.72. The molecule has 0 fully saturated rings. The fourth-order valence-corrected chi connectivity index (χ4v) is 2.47. The molecule has 3 rings (SSSR count). The van der Waals surface area contributed by atoms with Gasteiger partial charge in [-0.25, -0.2) is 0 Å². The van der Waals surface area contributed by atoms with Gasteiger partial charge in [-0.3, -0.25) is 9.59 Å². The molecule has 4 heteroatoms. The zero-order chi connectivity index (χ0) is 14.1. The maximum absolute atomic E-state index is 12.5. The second kappa shape index (κ2) is 4.90.